The van der Waals surface area contributed by atoms with E-state index in [4.69, 9.17) is 0 Å². The number of sulfone groups is 1. The Kier molecular flexibility index (Phi) is 4.55. The van der Waals surface area contributed by atoms with Crippen molar-refractivity contribution in [1.82, 2.24) is 5.32 Å². The van der Waals surface area contributed by atoms with E-state index >= 15 is 0 Å². The van der Waals surface area contributed by atoms with Crippen LogP contribution in [0.2, 0.25) is 0 Å². The van der Waals surface area contributed by atoms with Gasteiger partial charge in [0.15, 0.2) is 0 Å². The molecule has 1 amide bonds. The molecule has 116 valence electrons. The Morgan fingerprint density at radius 3 is 2.62 bits per heavy atom. The van der Waals surface area contributed by atoms with Crippen LogP contribution < -0.4 is 10.6 Å². The highest BCUT2D eigenvalue weighted by atomic mass is 32.2. The molecule has 0 radical (unpaired) electrons. The number of β-amino-alcohol motifs (C(OH)–C–C–N with tert-alkyl or cyclic N) is 1. The van der Waals surface area contributed by atoms with Gasteiger partial charge in [0.1, 0.15) is 0 Å². The first-order valence-electron chi connectivity index (χ1n) is 6.15. The van der Waals surface area contributed by atoms with Crippen LogP contribution in [-0.4, -0.2) is 43.9 Å². The highest BCUT2D eigenvalue weighted by molar-refractivity contribution is 7.91. The van der Waals surface area contributed by atoms with Crippen LogP contribution in [0.4, 0.5) is 14.5 Å². The maximum absolute atomic E-state index is 12.6. The van der Waals surface area contributed by atoms with Crippen molar-refractivity contribution in [3.8, 4) is 0 Å². The Morgan fingerprint density at radius 1 is 1.38 bits per heavy atom. The SMILES string of the molecule is O=C(Nc1ccccc1S(=O)(=O)C(F)F)C1CC(O)CN1. The third-order valence-corrected chi connectivity index (χ3v) is 4.55. The molecule has 2 rings (SSSR count). The standard InChI is InChI=1S/C12H14F2N2O4S/c13-12(14)21(19,20)10-4-2-1-3-8(10)16-11(18)9-5-7(17)6-15-9/h1-4,7,9,12,15,17H,5-6H2,(H,16,18). The molecule has 21 heavy (non-hydrogen) atoms. The first kappa shape index (κ1) is 15.8. The number of amides is 1. The number of para-hydroxylation sites is 1. The van der Waals surface area contributed by atoms with Crippen molar-refractivity contribution in [2.24, 2.45) is 0 Å². The highest BCUT2D eigenvalue weighted by Gasteiger charge is 2.32. The maximum atomic E-state index is 12.6. The van der Waals surface area contributed by atoms with E-state index < -0.39 is 38.5 Å². The van der Waals surface area contributed by atoms with Crippen LogP contribution in [0, 0.1) is 0 Å². The number of nitrogens with one attached hydrogen (secondary N) is 2. The van der Waals surface area contributed by atoms with Crippen molar-refractivity contribution < 1.29 is 27.1 Å². The number of hydrogen-bond acceptors (Lipinski definition) is 5. The monoisotopic (exact) mass is 320 g/mol. The fourth-order valence-corrected chi connectivity index (χ4v) is 2.94. The Bertz CT molecular complexity index is 636. The summed E-state index contributed by atoms with van der Waals surface area (Å²) >= 11 is 0. The number of anilines is 1. The summed E-state index contributed by atoms with van der Waals surface area (Å²) in [5.74, 6) is -4.15. The second kappa shape index (κ2) is 6.04. The van der Waals surface area contributed by atoms with Crippen molar-refractivity contribution >= 4 is 21.4 Å². The fourth-order valence-electron chi connectivity index (χ4n) is 2.05. The van der Waals surface area contributed by atoms with Gasteiger partial charge in [-0.05, 0) is 18.6 Å². The summed E-state index contributed by atoms with van der Waals surface area (Å²) in [5, 5.41) is 14.4. The molecular weight excluding hydrogens is 306 g/mol. The van der Waals surface area contributed by atoms with Crippen LogP contribution in [0.5, 0.6) is 0 Å². The number of rotatable bonds is 4. The Labute approximate surface area is 120 Å². The number of carbonyl (C=O) groups excluding carboxylic acids is 1. The lowest BCUT2D eigenvalue weighted by atomic mass is 10.2. The number of aliphatic hydroxyl groups is 1. The smallest absolute Gasteiger partial charge is 0.341 e. The summed E-state index contributed by atoms with van der Waals surface area (Å²) in [6.07, 6.45) is -0.490. The zero-order valence-electron chi connectivity index (χ0n) is 10.8. The molecule has 1 aliphatic heterocycles. The molecule has 0 aromatic heterocycles. The Hall–Kier alpha value is -1.58. The summed E-state index contributed by atoms with van der Waals surface area (Å²) in [5.41, 5.74) is -0.203. The molecule has 1 aromatic carbocycles. The minimum Gasteiger partial charge on any atom is -0.392 e. The number of benzene rings is 1. The number of aliphatic hydroxyl groups excluding tert-OH is 1. The molecule has 1 heterocycles. The van der Waals surface area contributed by atoms with Crippen molar-refractivity contribution in [3.05, 3.63) is 24.3 Å². The van der Waals surface area contributed by atoms with Gasteiger partial charge in [-0.25, -0.2) is 8.42 Å². The predicted octanol–water partition coefficient (Wildman–Crippen LogP) is 0.344. The van der Waals surface area contributed by atoms with Gasteiger partial charge in [-0.1, -0.05) is 12.1 Å². The molecule has 2 atom stereocenters. The predicted molar refractivity (Wildman–Crippen MR) is 70.7 cm³/mol. The number of carbonyl (C=O) groups is 1. The van der Waals surface area contributed by atoms with E-state index in [0.29, 0.717) is 0 Å². The van der Waals surface area contributed by atoms with Crippen molar-refractivity contribution in [3.63, 3.8) is 0 Å². The van der Waals surface area contributed by atoms with Gasteiger partial charge in [0.25, 0.3) is 0 Å². The fraction of sp³-hybridized carbons (Fsp3) is 0.417. The third kappa shape index (κ3) is 3.36. The van der Waals surface area contributed by atoms with Crippen LogP contribution in [0.15, 0.2) is 29.2 Å². The van der Waals surface area contributed by atoms with Gasteiger partial charge in [0.2, 0.25) is 15.7 Å². The molecule has 1 aromatic rings. The molecule has 6 nitrogen and oxygen atoms in total. The van der Waals surface area contributed by atoms with Crippen LogP contribution in [0.1, 0.15) is 6.42 Å². The van der Waals surface area contributed by atoms with Gasteiger partial charge in [-0.2, -0.15) is 8.78 Å². The van der Waals surface area contributed by atoms with E-state index in [1.807, 2.05) is 0 Å². The summed E-state index contributed by atoms with van der Waals surface area (Å²) in [7, 11) is -4.81. The van der Waals surface area contributed by atoms with Crippen molar-refractivity contribution in [1.29, 1.82) is 0 Å². The van der Waals surface area contributed by atoms with E-state index in [0.717, 1.165) is 6.07 Å². The molecule has 1 fully saturated rings. The Morgan fingerprint density at radius 2 is 2.05 bits per heavy atom. The molecule has 9 heteroatoms. The van der Waals surface area contributed by atoms with E-state index in [1.165, 1.54) is 18.2 Å². The minimum absolute atomic E-state index is 0.176. The summed E-state index contributed by atoms with van der Waals surface area (Å²) in [6.45, 7) is 0.245. The lowest BCUT2D eigenvalue weighted by molar-refractivity contribution is -0.117. The molecule has 0 aliphatic carbocycles. The van der Waals surface area contributed by atoms with E-state index in [9.17, 15) is 27.1 Å². The van der Waals surface area contributed by atoms with Gasteiger partial charge in [-0.15, -0.1) is 0 Å². The molecular formula is C12H14F2N2O4S. The van der Waals surface area contributed by atoms with Crippen LogP contribution in [0.25, 0.3) is 0 Å². The molecule has 2 unspecified atom stereocenters. The summed E-state index contributed by atoms with van der Waals surface area (Å²) in [6, 6.07) is 4.27. The van der Waals surface area contributed by atoms with Crippen molar-refractivity contribution in [2.45, 2.75) is 29.2 Å². The first-order valence-corrected chi connectivity index (χ1v) is 7.70. The minimum atomic E-state index is -4.81. The maximum Gasteiger partial charge on any atom is 0.341 e. The second-order valence-corrected chi connectivity index (χ2v) is 6.53. The average Bonchev–Trinajstić information content (AvgIpc) is 2.86. The average molecular weight is 320 g/mol. The van der Waals surface area contributed by atoms with Gasteiger partial charge < -0.3 is 15.7 Å². The molecule has 0 spiro atoms. The van der Waals surface area contributed by atoms with Gasteiger partial charge in [-0.3, -0.25) is 4.79 Å². The summed E-state index contributed by atoms with van der Waals surface area (Å²) in [4.78, 5) is 11.3. The van der Waals surface area contributed by atoms with Crippen LogP contribution in [0.3, 0.4) is 0 Å². The lowest BCUT2D eigenvalue weighted by Crippen LogP contribution is -2.35. The van der Waals surface area contributed by atoms with Gasteiger partial charge in [0.05, 0.1) is 22.7 Å². The zero-order chi connectivity index (χ0) is 15.6. The molecule has 0 bridgehead atoms. The normalized spacial score (nSPS) is 22.5. The van der Waals surface area contributed by atoms with E-state index in [2.05, 4.69) is 10.6 Å². The number of alkyl halides is 2. The van der Waals surface area contributed by atoms with Gasteiger partial charge in [0, 0.05) is 6.54 Å². The van der Waals surface area contributed by atoms with Gasteiger partial charge >= 0.3 is 5.76 Å². The van der Waals surface area contributed by atoms with E-state index in [-0.39, 0.29) is 18.7 Å². The molecule has 0 saturated carbocycles. The van der Waals surface area contributed by atoms with Crippen LogP contribution >= 0.6 is 0 Å². The first-order chi connectivity index (χ1) is 9.82. The molecule has 1 aliphatic rings. The second-order valence-electron chi connectivity index (χ2n) is 4.64. The molecule has 1 saturated heterocycles. The number of halogens is 2. The lowest BCUT2D eigenvalue weighted by Gasteiger charge is -2.14. The third-order valence-electron chi connectivity index (χ3n) is 3.11. The zero-order valence-corrected chi connectivity index (χ0v) is 11.6. The molecule has 3 N–H and O–H groups in total. The Balaban J connectivity index is 2.23. The van der Waals surface area contributed by atoms with Crippen LogP contribution in [-0.2, 0) is 14.6 Å². The largest absolute Gasteiger partial charge is 0.392 e. The summed E-state index contributed by atoms with van der Waals surface area (Å²) < 4.78 is 48.3. The van der Waals surface area contributed by atoms with Crippen molar-refractivity contribution in [2.75, 3.05) is 11.9 Å². The quantitative estimate of drug-likeness (QED) is 0.744. The number of hydrogen-bond donors (Lipinski definition) is 3. The topological polar surface area (TPSA) is 95.5 Å². The van der Waals surface area contributed by atoms with E-state index in [1.54, 1.807) is 0 Å². The highest BCUT2D eigenvalue weighted by Crippen LogP contribution is 2.26.